The van der Waals surface area contributed by atoms with E-state index in [4.69, 9.17) is 4.42 Å². The molecule has 1 unspecified atom stereocenters. The van der Waals surface area contributed by atoms with Gasteiger partial charge in [0.1, 0.15) is 5.76 Å². The first-order chi connectivity index (χ1) is 12.4. The largest absolute Gasteiger partial charge is 0.468 e. The first-order valence-electron chi connectivity index (χ1n) is 9.45. The Labute approximate surface area is 155 Å². The van der Waals surface area contributed by atoms with Gasteiger partial charge in [0.05, 0.1) is 18.6 Å². The normalized spacial score (nSPS) is 22.2. The van der Waals surface area contributed by atoms with Crippen LogP contribution in [0.2, 0.25) is 0 Å². The van der Waals surface area contributed by atoms with Crippen molar-refractivity contribution in [2.75, 3.05) is 39.0 Å². The van der Waals surface area contributed by atoms with Gasteiger partial charge in [-0.3, -0.25) is 9.69 Å². The van der Waals surface area contributed by atoms with E-state index in [0.717, 1.165) is 18.8 Å². The fraction of sp³-hybridized carbons (Fsp3) is 0.722. The number of carbonyl (C=O) groups excluding carboxylic acids is 1. The molecule has 0 spiro atoms. The predicted molar refractivity (Wildman–Crippen MR) is 99.0 cm³/mol. The van der Waals surface area contributed by atoms with E-state index < -0.39 is 10.0 Å². The van der Waals surface area contributed by atoms with Crippen LogP contribution in [0.15, 0.2) is 22.8 Å². The van der Waals surface area contributed by atoms with E-state index in [9.17, 15) is 13.2 Å². The maximum absolute atomic E-state index is 12.6. The lowest BCUT2D eigenvalue weighted by Gasteiger charge is -2.34. The van der Waals surface area contributed by atoms with Gasteiger partial charge < -0.3 is 9.73 Å². The van der Waals surface area contributed by atoms with E-state index in [-0.39, 0.29) is 17.9 Å². The molecule has 2 aliphatic heterocycles. The van der Waals surface area contributed by atoms with E-state index >= 15 is 0 Å². The number of carbonyl (C=O) groups is 1. The highest BCUT2D eigenvalue weighted by atomic mass is 32.2. The first-order valence-corrected chi connectivity index (χ1v) is 11.3. The zero-order chi connectivity index (χ0) is 18.6. The fourth-order valence-corrected chi connectivity index (χ4v) is 4.79. The third kappa shape index (κ3) is 4.86. The summed E-state index contributed by atoms with van der Waals surface area (Å²) in [4.78, 5) is 15.0. The quantitative estimate of drug-likeness (QED) is 0.807. The molecule has 1 N–H and O–H groups in total. The van der Waals surface area contributed by atoms with Crippen LogP contribution in [-0.2, 0) is 14.8 Å². The molecule has 1 amide bonds. The van der Waals surface area contributed by atoms with Crippen molar-refractivity contribution in [1.82, 2.24) is 14.5 Å². The highest BCUT2D eigenvalue weighted by molar-refractivity contribution is 7.88. The summed E-state index contributed by atoms with van der Waals surface area (Å²) in [5, 5.41) is 3.08. The zero-order valence-corrected chi connectivity index (χ0v) is 16.2. The summed E-state index contributed by atoms with van der Waals surface area (Å²) in [6.45, 7) is 3.41. The molecular formula is C18H29N3O4S. The second-order valence-electron chi connectivity index (χ2n) is 7.31. The predicted octanol–water partition coefficient (Wildman–Crippen LogP) is 1.59. The Kier molecular flexibility index (Phi) is 6.37. The smallest absolute Gasteiger partial charge is 0.223 e. The Morgan fingerprint density at radius 3 is 2.50 bits per heavy atom. The van der Waals surface area contributed by atoms with E-state index in [0.29, 0.717) is 32.5 Å². The van der Waals surface area contributed by atoms with Gasteiger partial charge in [-0.15, -0.1) is 0 Å². The third-order valence-electron chi connectivity index (χ3n) is 5.47. The number of hydrogen-bond acceptors (Lipinski definition) is 5. The van der Waals surface area contributed by atoms with Crippen LogP contribution in [-0.4, -0.2) is 62.5 Å². The van der Waals surface area contributed by atoms with Crippen molar-refractivity contribution in [1.29, 1.82) is 0 Å². The molecule has 0 saturated carbocycles. The summed E-state index contributed by atoms with van der Waals surface area (Å²) < 4.78 is 30.3. The van der Waals surface area contributed by atoms with Crippen molar-refractivity contribution in [2.24, 2.45) is 5.92 Å². The maximum Gasteiger partial charge on any atom is 0.223 e. The van der Waals surface area contributed by atoms with E-state index in [1.54, 1.807) is 6.26 Å². The van der Waals surface area contributed by atoms with Gasteiger partial charge in [-0.05, 0) is 50.9 Å². The third-order valence-corrected chi connectivity index (χ3v) is 6.77. The standard InChI is InChI=1S/C18H29N3O4S/c1-26(23,24)21-11-7-15(8-12-21)18(22)19-14-16(17-6-5-13-25-17)20-9-3-2-4-10-20/h5-6,13,15-16H,2-4,7-12,14H2,1H3,(H,19,22). The van der Waals surface area contributed by atoms with Crippen LogP contribution in [0, 0.1) is 5.92 Å². The van der Waals surface area contributed by atoms with Gasteiger partial charge in [0.25, 0.3) is 0 Å². The monoisotopic (exact) mass is 383 g/mol. The maximum atomic E-state index is 12.6. The second-order valence-corrected chi connectivity index (χ2v) is 9.29. The summed E-state index contributed by atoms with van der Waals surface area (Å²) >= 11 is 0. The summed E-state index contributed by atoms with van der Waals surface area (Å²) in [6.07, 6.45) is 7.66. The SMILES string of the molecule is CS(=O)(=O)N1CCC(C(=O)NCC(c2ccco2)N2CCCCC2)CC1. The van der Waals surface area contributed by atoms with E-state index in [1.807, 2.05) is 12.1 Å². The average Bonchev–Trinajstić information content (AvgIpc) is 3.16. The summed E-state index contributed by atoms with van der Waals surface area (Å²) in [5.41, 5.74) is 0. The molecule has 2 fully saturated rings. The molecule has 1 atom stereocenters. The number of likely N-dealkylation sites (tertiary alicyclic amines) is 1. The number of piperidine rings is 2. The van der Waals surface area contributed by atoms with Crippen LogP contribution in [0.4, 0.5) is 0 Å². The minimum Gasteiger partial charge on any atom is -0.468 e. The van der Waals surface area contributed by atoms with Crippen LogP contribution in [0.3, 0.4) is 0 Å². The number of hydrogen-bond donors (Lipinski definition) is 1. The van der Waals surface area contributed by atoms with Gasteiger partial charge in [-0.2, -0.15) is 0 Å². The van der Waals surface area contributed by atoms with Gasteiger partial charge in [0, 0.05) is 25.6 Å². The van der Waals surface area contributed by atoms with Gasteiger partial charge in [-0.1, -0.05) is 6.42 Å². The molecule has 7 nitrogen and oxygen atoms in total. The average molecular weight is 384 g/mol. The number of nitrogens with zero attached hydrogens (tertiary/aromatic N) is 2. The number of rotatable bonds is 6. The molecule has 0 aliphatic carbocycles. The molecule has 8 heteroatoms. The van der Waals surface area contributed by atoms with Gasteiger partial charge in [-0.25, -0.2) is 12.7 Å². The van der Waals surface area contributed by atoms with Gasteiger partial charge in [0.15, 0.2) is 0 Å². The molecule has 1 aromatic heterocycles. The minimum absolute atomic E-state index is 0.0201. The van der Waals surface area contributed by atoms with Gasteiger partial charge >= 0.3 is 0 Å². The summed E-state index contributed by atoms with van der Waals surface area (Å²) in [7, 11) is -3.16. The highest BCUT2D eigenvalue weighted by Crippen LogP contribution is 2.25. The molecule has 2 saturated heterocycles. The lowest BCUT2D eigenvalue weighted by Crippen LogP contribution is -2.45. The lowest BCUT2D eigenvalue weighted by molar-refractivity contribution is -0.126. The van der Waals surface area contributed by atoms with Crippen LogP contribution >= 0.6 is 0 Å². The minimum atomic E-state index is -3.16. The van der Waals surface area contributed by atoms with Crippen molar-refractivity contribution in [2.45, 2.75) is 38.1 Å². The highest BCUT2D eigenvalue weighted by Gasteiger charge is 2.30. The Morgan fingerprint density at radius 1 is 1.23 bits per heavy atom. The van der Waals surface area contributed by atoms with Crippen LogP contribution in [0.5, 0.6) is 0 Å². The first kappa shape index (κ1) is 19.4. The Balaban J connectivity index is 1.55. The molecule has 146 valence electrons. The Hall–Kier alpha value is -1.38. The molecule has 3 heterocycles. The summed E-state index contributed by atoms with van der Waals surface area (Å²) in [6, 6.07) is 3.91. The fourth-order valence-electron chi connectivity index (χ4n) is 3.91. The molecular weight excluding hydrogens is 354 g/mol. The zero-order valence-electron chi connectivity index (χ0n) is 15.4. The molecule has 1 aromatic rings. The van der Waals surface area contributed by atoms with E-state index in [1.165, 1.54) is 29.8 Å². The van der Waals surface area contributed by atoms with E-state index in [2.05, 4.69) is 10.2 Å². The number of nitrogens with one attached hydrogen (secondary N) is 1. The second kappa shape index (κ2) is 8.54. The van der Waals surface area contributed by atoms with Crippen molar-refractivity contribution < 1.29 is 17.6 Å². The van der Waals surface area contributed by atoms with Crippen molar-refractivity contribution in [3.05, 3.63) is 24.2 Å². The van der Waals surface area contributed by atoms with Crippen LogP contribution in [0.1, 0.15) is 43.9 Å². The van der Waals surface area contributed by atoms with Crippen molar-refractivity contribution in [3.63, 3.8) is 0 Å². The van der Waals surface area contributed by atoms with Crippen molar-refractivity contribution >= 4 is 15.9 Å². The number of amides is 1. The lowest BCUT2D eigenvalue weighted by atomic mass is 9.97. The Morgan fingerprint density at radius 2 is 1.92 bits per heavy atom. The Bertz CT molecular complexity index is 675. The topological polar surface area (TPSA) is 82.9 Å². The summed E-state index contributed by atoms with van der Waals surface area (Å²) in [5.74, 6) is 0.789. The van der Waals surface area contributed by atoms with Gasteiger partial charge in [0.2, 0.25) is 15.9 Å². The number of furan rings is 1. The molecule has 0 aromatic carbocycles. The molecule has 0 radical (unpaired) electrons. The molecule has 3 rings (SSSR count). The van der Waals surface area contributed by atoms with Crippen LogP contribution in [0.25, 0.3) is 0 Å². The van der Waals surface area contributed by atoms with Crippen LogP contribution < -0.4 is 5.32 Å². The number of sulfonamides is 1. The molecule has 2 aliphatic rings. The molecule has 0 bridgehead atoms. The van der Waals surface area contributed by atoms with Crippen molar-refractivity contribution in [3.8, 4) is 0 Å². The molecule has 26 heavy (non-hydrogen) atoms.